The molecule has 2 aromatic rings. The first-order chi connectivity index (χ1) is 11.8. The van der Waals surface area contributed by atoms with Crippen LogP contribution in [0, 0.1) is 23.7 Å². The highest BCUT2D eigenvalue weighted by Crippen LogP contribution is 2.12. The molecule has 0 N–H and O–H groups in total. The molecule has 0 saturated heterocycles. The summed E-state index contributed by atoms with van der Waals surface area (Å²) < 4.78 is 5.66. The van der Waals surface area contributed by atoms with Gasteiger partial charge in [-0.2, -0.15) is 0 Å². The summed E-state index contributed by atoms with van der Waals surface area (Å²) in [6.45, 7) is 4.87. The molecule has 122 valence electrons. The number of rotatable bonds is 5. The smallest absolute Gasteiger partial charge is 0.119 e. The van der Waals surface area contributed by atoms with Gasteiger partial charge in [-0.05, 0) is 48.4 Å². The topological polar surface area (TPSA) is 9.23 Å². The van der Waals surface area contributed by atoms with Crippen LogP contribution in [0.3, 0.4) is 0 Å². The van der Waals surface area contributed by atoms with Crippen LogP contribution in [0.4, 0.5) is 0 Å². The van der Waals surface area contributed by atoms with Crippen LogP contribution in [0.15, 0.2) is 48.5 Å². The van der Waals surface area contributed by atoms with E-state index in [1.165, 1.54) is 12.0 Å². The Balaban J connectivity index is 1.89. The van der Waals surface area contributed by atoms with Crippen LogP contribution in [-0.4, -0.2) is 6.61 Å². The Morgan fingerprint density at radius 2 is 1.42 bits per heavy atom. The van der Waals surface area contributed by atoms with Crippen molar-refractivity contribution in [3.05, 3.63) is 65.2 Å². The molecule has 0 amide bonds. The fourth-order valence-electron chi connectivity index (χ4n) is 2.26. The van der Waals surface area contributed by atoms with Gasteiger partial charge in [0.15, 0.2) is 0 Å². The van der Waals surface area contributed by atoms with Crippen molar-refractivity contribution in [1.29, 1.82) is 0 Å². The maximum Gasteiger partial charge on any atom is 0.119 e. The Bertz CT molecular complexity index is 731. The fourth-order valence-corrected chi connectivity index (χ4v) is 2.26. The molecule has 0 aliphatic carbocycles. The minimum absolute atomic E-state index is 0.627. The molecule has 24 heavy (non-hydrogen) atoms. The number of ether oxygens (including phenoxy) is 1. The van der Waals surface area contributed by atoms with Crippen molar-refractivity contribution in [3.63, 3.8) is 0 Å². The molecule has 0 aromatic heterocycles. The molecule has 0 atom stereocenters. The van der Waals surface area contributed by atoms with Crippen LogP contribution in [0.25, 0.3) is 0 Å². The Morgan fingerprint density at radius 3 is 2.00 bits per heavy atom. The monoisotopic (exact) mass is 316 g/mol. The normalized spacial score (nSPS) is 9.42. The van der Waals surface area contributed by atoms with Crippen molar-refractivity contribution >= 4 is 0 Å². The van der Waals surface area contributed by atoms with E-state index in [1.807, 2.05) is 31.2 Å². The molecule has 0 spiro atoms. The molecular weight excluding hydrogens is 292 g/mol. The average molecular weight is 316 g/mol. The maximum atomic E-state index is 5.66. The lowest BCUT2D eigenvalue weighted by molar-refractivity contribution is 0.327. The van der Waals surface area contributed by atoms with Gasteiger partial charge >= 0.3 is 0 Å². The van der Waals surface area contributed by atoms with Gasteiger partial charge in [-0.15, -0.1) is 5.92 Å². The third-order valence-electron chi connectivity index (χ3n) is 3.50. The lowest BCUT2D eigenvalue weighted by Crippen LogP contribution is -1.95. The molecule has 0 bridgehead atoms. The summed E-state index contributed by atoms with van der Waals surface area (Å²) in [5.41, 5.74) is 3.41. The van der Waals surface area contributed by atoms with Crippen molar-refractivity contribution in [3.8, 4) is 29.4 Å². The fraction of sp³-hybridized carbons (Fsp3) is 0.304. The van der Waals surface area contributed by atoms with Crippen molar-refractivity contribution in [2.24, 2.45) is 0 Å². The van der Waals surface area contributed by atoms with Gasteiger partial charge in [-0.3, -0.25) is 0 Å². The lowest BCUT2D eigenvalue weighted by Gasteiger charge is -2.03. The molecule has 2 rings (SSSR count). The summed E-state index contributed by atoms with van der Waals surface area (Å²) in [6, 6.07) is 16.4. The van der Waals surface area contributed by atoms with Crippen molar-refractivity contribution in [2.45, 2.75) is 39.5 Å². The highest BCUT2D eigenvalue weighted by atomic mass is 16.5. The summed E-state index contributed by atoms with van der Waals surface area (Å²) in [6.07, 6.45) is 3.96. The van der Waals surface area contributed by atoms with Crippen molar-refractivity contribution in [2.75, 3.05) is 6.61 Å². The van der Waals surface area contributed by atoms with E-state index in [9.17, 15) is 0 Å². The second kappa shape index (κ2) is 10.2. The zero-order valence-corrected chi connectivity index (χ0v) is 14.6. The lowest BCUT2D eigenvalue weighted by atomic mass is 10.1. The van der Waals surface area contributed by atoms with E-state index in [-0.39, 0.29) is 0 Å². The molecule has 0 saturated carbocycles. The van der Waals surface area contributed by atoms with Gasteiger partial charge in [0, 0.05) is 24.0 Å². The Morgan fingerprint density at radius 1 is 0.792 bits per heavy atom. The Hall–Kier alpha value is -2.64. The molecule has 0 fully saturated rings. The molecule has 0 aliphatic heterocycles. The predicted octanol–water partition coefficient (Wildman–Crippen LogP) is 5.22. The maximum absolute atomic E-state index is 5.66. The van der Waals surface area contributed by atoms with E-state index in [0.717, 1.165) is 36.1 Å². The Kier molecular flexibility index (Phi) is 7.52. The second-order valence-corrected chi connectivity index (χ2v) is 5.53. The van der Waals surface area contributed by atoms with Crippen LogP contribution in [0.5, 0.6) is 5.75 Å². The van der Waals surface area contributed by atoms with Crippen LogP contribution in [0.1, 0.15) is 49.8 Å². The minimum atomic E-state index is 0.627. The summed E-state index contributed by atoms with van der Waals surface area (Å²) in [5.74, 6) is 13.4. The summed E-state index contributed by atoms with van der Waals surface area (Å²) in [5, 5.41) is 0. The largest absolute Gasteiger partial charge is 0.493 e. The highest BCUT2D eigenvalue weighted by molar-refractivity contribution is 5.44. The average Bonchev–Trinajstić information content (AvgIpc) is 2.62. The molecular formula is C23H24O. The van der Waals surface area contributed by atoms with Crippen LogP contribution >= 0.6 is 0 Å². The van der Waals surface area contributed by atoms with E-state index in [4.69, 9.17) is 4.74 Å². The molecule has 0 radical (unpaired) electrons. The zero-order valence-electron chi connectivity index (χ0n) is 14.6. The minimum Gasteiger partial charge on any atom is -0.493 e. The summed E-state index contributed by atoms with van der Waals surface area (Å²) in [4.78, 5) is 0. The molecule has 2 aromatic carbocycles. The third kappa shape index (κ3) is 6.23. The first-order valence-electron chi connectivity index (χ1n) is 8.61. The van der Waals surface area contributed by atoms with E-state index < -0.39 is 0 Å². The second-order valence-electron chi connectivity index (χ2n) is 5.53. The van der Waals surface area contributed by atoms with Gasteiger partial charge in [0.05, 0.1) is 6.61 Å². The van der Waals surface area contributed by atoms with E-state index in [1.54, 1.807) is 0 Å². The van der Waals surface area contributed by atoms with Gasteiger partial charge in [0.1, 0.15) is 5.75 Å². The van der Waals surface area contributed by atoms with Crippen molar-refractivity contribution < 1.29 is 4.74 Å². The quantitative estimate of drug-likeness (QED) is 0.543. The zero-order chi connectivity index (χ0) is 17.0. The first-order valence-corrected chi connectivity index (χ1v) is 8.61. The molecule has 0 unspecified atom stereocenters. The highest BCUT2D eigenvalue weighted by Gasteiger charge is 1.94. The van der Waals surface area contributed by atoms with Crippen LogP contribution in [-0.2, 0) is 6.42 Å². The number of hydrogen-bond acceptors (Lipinski definition) is 1. The van der Waals surface area contributed by atoms with Crippen LogP contribution in [0.2, 0.25) is 0 Å². The number of hydrogen-bond donors (Lipinski definition) is 0. The summed E-state index contributed by atoms with van der Waals surface area (Å²) in [7, 11) is 0. The standard InChI is InChI=1S/C23H24O/c1-3-5-6-7-19-24-23-17-15-22(16-18-23)14-13-21-11-9-20(8-4-2)10-12-21/h9-12,15-18H,3-4,7-8,19H2,1-2H3. The molecule has 0 aliphatic rings. The molecule has 0 heterocycles. The molecule has 1 heteroatoms. The molecule has 1 nitrogen and oxygen atoms in total. The predicted molar refractivity (Wildman–Crippen MR) is 101 cm³/mol. The number of aryl methyl sites for hydroxylation is 1. The van der Waals surface area contributed by atoms with Crippen LogP contribution < -0.4 is 4.74 Å². The van der Waals surface area contributed by atoms with E-state index >= 15 is 0 Å². The van der Waals surface area contributed by atoms with Gasteiger partial charge in [-0.25, -0.2) is 0 Å². The first kappa shape index (κ1) is 17.7. The summed E-state index contributed by atoms with van der Waals surface area (Å²) >= 11 is 0. The van der Waals surface area contributed by atoms with E-state index in [2.05, 4.69) is 54.9 Å². The van der Waals surface area contributed by atoms with Gasteiger partial charge in [-0.1, -0.05) is 50.2 Å². The van der Waals surface area contributed by atoms with E-state index in [0.29, 0.717) is 6.61 Å². The van der Waals surface area contributed by atoms with Crippen molar-refractivity contribution in [1.82, 2.24) is 0 Å². The van der Waals surface area contributed by atoms with Gasteiger partial charge in [0.2, 0.25) is 0 Å². The SMILES string of the molecule is CCC#CCCOc1ccc(C#Cc2ccc(CCC)cc2)cc1. The van der Waals surface area contributed by atoms with Gasteiger partial charge in [0.25, 0.3) is 0 Å². The number of benzene rings is 2. The Labute approximate surface area is 146 Å². The van der Waals surface area contributed by atoms with Gasteiger partial charge < -0.3 is 4.74 Å². The third-order valence-corrected chi connectivity index (χ3v) is 3.50.